The molecule has 0 bridgehead atoms. The average Bonchev–Trinajstić information content (AvgIpc) is 3.14. The quantitative estimate of drug-likeness (QED) is 0.595. The van der Waals surface area contributed by atoms with Gasteiger partial charge in [0.2, 0.25) is 0 Å². The smallest absolute Gasteiger partial charge is 0.262 e. The van der Waals surface area contributed by atoms with Crippen LogP contribution in [0.5, 0.6) is 5.75 Å². The molecule has 2 aromatic carbocycles. The van der Waals surface area contributed by atoms with Crippen molar-refractivity contribution in [3.05, 3.63) is 53.9 Å². The first kappa shape index (κ1) is 18.4. The maximum absolute atomic E-state index is 12.9. The van der Waals surface area contributed by atoms with Crippen LogP contribution in [0.1, 0.15) is 28.6 Å². The molecular formula is C20H20N4O3S. The number of thioether (sulfide) groups is 1. The number of carbonyl (C=O) groups excluding carboxylic acids is 2. The largest absolute Gasteiger partial charge is 0.482 e. The number of para-hydroxylation sites is 2. The van der Waals surface area contributed by atoms with Crippen molar-refractivity contribution in [1.29, 1.82) is 0 Å². The molecule has 4 rings (SSSR count). The number of aromatic nitrogens is 2. The normalized spacial score (nSPS) is 14.1. The Hall–Kier alpha value is -3.00. The number of nitrogens with zero attached hydrogens (tertiary/aromatic N) is 1. The molecule has 1 atom stereocenters. The number of hydrogen-bond acceptors (Lipinski definition) is 5. The van der Waals surface area contributed by atoms with Crippen LogP contribution in [-0.4, -0.2) is 40.4 Å². The zero-order valence-electron chi connectivity index (χ0n) is 15.3. The Kier molecular flexibility index (Phi) is 5.21. The van der Waals surface area contributed by atoms with E-state index in [0.717, 1.165) is 29.0 Å². The van der Waals surface area contributed by atoms with E-state index in [1.807, 2.05) is 30.5 Å². The van der Waals surface area contributed by atoms with Crippen molar-refractivity contribution >= 4 is 40.3 Å². The number of H-pyrrole nitrogens is 1. The molecule has 8 heteroatoms. The molecule has 1 aliphatic rings. The maximum Gasteiger partial charge on any atom is 0.262 e. The highest BCUT2D eigenvalue weighted by Crippen LogP contribution is 2.29. The van der Waals surface area contributed by atoms with Gasteiger partial charge in [-0.1, -0.05) is 12.1 Å². The molecule has 3 N–H and O–H groups in total. The molecule has 0 saturated heterocycles. The standard InChI is InChI=1S/C20H20N4O3S/c1-28-9-8-15(19-22-13-4-2-3-5-14(13)23-19)24-20(26)12-6-7-17-16(10-12)21-18(25)11-27-17/h2-7,10,15H,8-9,11H2,1H3,(H,21,25)(H,22,23)(H,24,26)/t15-/m1/s1. The second-order valence-corrected chi connectivity index (χ2v) is 7.48. The summed E-state index contributed by atoms with van der Waals surface area (Å²) < 4.78 is 5.35. The van der Waals surface area contributed by atoms with Gasteiger partial charge in [-0.3, -0.25) is 9.59 Å². The first-order valence-electron chi connectivity index (χ1n) is 8.95. The molecular weight excluding hydrogens is 376 g/mol. The fourth-order valence-corrected chi connectivity index (χ4v) is 3.59. The van der Waals surface area contributed by atoms with E-state index in [2.05, 4.69) is 20.6 Å². The number of amides is 2. The van der Waals surface area contributed by atoms with Gasteiger partial charge in [-0.15, -0.1) is 0 Å². The first-order valence-corrected chi connectivity index (χ1v) is 10.3. The van der Waals surface area contributed by atoms with Gasteiger partial charge in [-0.25, -0.2) is 4.98 Å². The Balaban J connectivity index is 1.57. The molecule has 0 saturated carbocycles. The van der Waals surface area contributed by atoms with E-state index in [1.54, 1.807) is 30.0 Å². The van der Waals surface area contributed by atoms with Crippen LogP contribution in [0.2, 0.25) is 0 Å². The number of imidazole rings is 1. The van der Waals surface area contributed by atoms with Crippen molar-refractivity contribution in [3.8, 4) is 5.75 Å². The minimum Gasteiger partial charge on any atom is -0.482 e. The van der Waals surface area contributed by atoms with Crippen LogP contribution in [-0.2, 0) is 4.79 Å². The molecule has 0 fully saturated rings. The van der Waals surface area contributed by atoms with Gasteiger partial charge in [0.05, 0.1) is 22.8 Å². The zero-order chi connectivity index (χ0) is 19.5. The minimum absolute atomic E-state index is 0.0125. The van der Waals surface area contributed by atoms with Crippen LogP contribution in [0.3, 0.4) is 0 Å². The monoisotopic (exact) mass is 396 g/mol. The van der Waals surface area contributed by atoms with Crippen molar-refractivity contribution < 1.29 is 14.3 Å². The summed E-state index contributed by atoms with van der Waals surface area (Å²) in [5, 5.41) is 5.79. The number of nitrogens with one attached hydrogen (secondary N) is 3. The third-order valence-corrected chi connectivity index (χ3v) is 5.17. The molecule has 7 nitrogen and oxygen atoms in total. The summed E-state index contributed by atoms with van der Waals surface area (Å²) in [5.41, 5.74) is 2.77. The molecule has 3 aromatic rings. The third-order valence-electron chi connectivity index (χ3n) is 4.53. The van der Waals surface area contributed by atoms with E-state index >= 15 is 0 Å². The summed E-state index contributed by atoms with van der Waals surface area (Å²) in [4.78, 5) is 32.3. The summed E-state index contributed by atoms with van der Waals surface area (Å²) >= 11 is 1.72. The Labute approximate surface area is 166 Å². The summed E-state index contributed by atoms with van der Waals surface area (Å²) in [5.74, 6) is 1.72. The van der Waals surface area contributed by atoms with Gasteiger partial charge in [0.25, 0.3) is 11.8 Å². The number of aromatic amines is 1. The number of fused-ring (bicyclic) bond motifs is 2. The van der Waals surface area contributed by atoms with Crippen molar-refractivity contribution in [2.24, 2.45) is 0 Å². The van der Waals surface area contributed by atoms with Gasteiger partial charge in [-0.05, 0) is 48.8 Å². The molecule has 0 radical (unpaired) electrons. The molecule has 2 amide bonds. The van der Waals surface area contributed by atoms with Crippen LogP contribution in [0, 0.1) is 0 Å². The first-order chi connectivity index (χ1) is 13.6. The molecule has 0 spiro atoms. The lowest BCUT2D eigenvalue weighted by atomic mass is 10.1. The van der Waals surface area contributed by atoms with Crippen molar-refractivity contribution in [2.75, 3.05) is 23.9 Å². The molecule has 28 heavy (non-hydrogen) atoms. The van der Waals surface area contributed by atoms with Crippen molar-refractivity contribution in [2.45, 2.75) is 12.5 Å². The van der Waals surface area contributed by atoms with Gasteiger partial charge in [-0.2, -0.15) is 11.8 Å². The van der Waals surface area contributed by atoms with Gasteiger partial charge in [0, 0.05) is 5.56 Å². The zero-order valence-corrected chi connectivity index (χ0v) is 16.1. The van der Waals surface area contributed by atoms with Crippen LogP contribution < -0.4 is 15.4 Å². The highest BCUT2D eigenvalue weighted by atomic mass is 32.2. The van der Waals surface area contributed by atoms with Crippen LogP contribution in [0.15, 0.2) is 42.5 Å². The SMILES string of the molecule is CSCC[C@@H](NC(=O)c1ccc2c(c1)NC(=O)CO2)c1nc2ccccc2[nH]1. The van der Waals surface area contributed by atoms with E-state index in [0.29, 0.717) is 17.0 Å². The molecule has 2 heterocycles. The summed E-state index contributed by atoms with van der Waals surface area (Å²) in [6, 6.07) is 12.6. The number of carbonyl (C=O) groups is 2. The van der Waals surface area contributed by atoms with E-state index < -0.39 is 0 Å². The summed E-state index contributed by atoms with van der Waals surface area (Å²) in [7, 11) is 0. The fraction of sp³-hybridized carbons (Fsp3) is 0.250. The summed E-state index contributed by atoms with van der Waals surface area (Å²) in [6.07, 6.45) is 2.78. The van der Waals surface area contributed by atoms with Crippen LogP contribution >= 0.6 is 11.8 Å². The molecule has 0 unspecified atom stereocenters. The topological polar surface area (TPSA) is 96.1 Å². The molecule has 144 valence electrons. The predicted molar refractivity (Wildman–Crippen MR) is 110 cm³/mol. The number of rotatable bonds is 6. The Morgan fingerprint density at radius 3 is 3.00 bits per heavy atom. The fourth-order valence-electron chi connectivity index (χ4n) is 3.12. The number of anilines is 1. The lowest BCUT2D eigenvalue weighted by Gasteiger charge is -2.20. The molecule has 1 aromatic heterocycles. The van der Waals surface area contributed by atoms with Crippen LogP contribution in [0.25, 0.3) is 11.0 Å². The van der Waals surface area contributed by atoms with Gasteiger partial charge < -0.3 is 20.4 Å². The number of hydrogen-bond donors (Lipinski definition) is 3. The van der Waals surface area contributed by atoms with E-state index in [9.17, 15) is 9.59 Å². The van der Waals surface area contributed by atoms with E-state index in [4.69, 9.17) is 4.74 Å². The van der Waals surface area contributed by atoms with Crippen molar-refractivity contribution in [3.63, 3.8) is 0 Å². The second kappa shape index (κ2) is 7.93. The van der Waals surface area contributed by atoms with Gasteiger partial charge in [0.1, 0.15) is 11.6 Å². The molecule has 0 aliphatic carbocycles. The Morgan fingerprint density at radius 1 is 1.32 bits per heavy atom. The van der Waals surface area contributed by atoms with Crippen molar-refractivity contribution in [1.82, 2.24) is 15.3 Å². The van der Waals surface area contributed by atoms with Gasteiger partial charge in [0.15, 0.2) is 6.61 Å². The maximum atomic E-state index is 12.9. The van der Waals surface area contributed by atoms with Crippen LogP contribution in [0.4, 0.5) is 5.69 Å². The highest BCUT2D eigenvalue weighted by Gasteiger charge is 2.21. The van der Waals surface area contributed by atoms with E-state index in [-0.39, 0.29) is 24.5 Å². The predicted octanol–water partition coefficient (Wildman–Crippen LogP) is 3.12. The Morgan fingerprint density at radius 2 is 2.18 bits per heavy atom. The second-order valence-electron chi connectivity index (χ2n) is 6.49. The summed E-state index contributed by atoms with van der Waals surface area (Å²) in [6.45, 7) is -0.0125. The number of benzene rings is 2. The minimum atomic E-state index is -0.241. The van der Waals surface area contributed by atoms with Gasteiger partial charge >= 0.3 is 0 Å². The Bertz CT molecular complexity index is 1000. The van der Waals surface area contributed by atoms with E-state index in [1.165, 1.54) is 0 Å². The number of ether oxygens (including phenoxy) is 1. The lowest BCUT2D eigenvalue weighted by molar-refractivity contribution is -0.118. The third kappa shape index (κ3) is 3.82. The highest BCUT2D eigenvalue weighted by molar-refractivity contribution is 7.98. The molecule has 1 aliphatic heterocycles. The average molecular weight is 396 g/mol. The lowest BCUT2D eigenvalue weighted by Crippen LogP contribution is -2.30.